The molecule has 0 aliphatic carbocycles. The molecule has 0 saturated carbocycles. The maximum atomic E-state index is 14.9. The van der Waals surface area contributed by atoms with E-state index in [0.29, 0.717) is 10.0 Å². The summed E-state index contributed by atoms with van der Waals surface area (Å²) >= 11 is 12.3. The summed E-state index contributed by atoms with van der Waals surface area (Å²) in [5, 5.41) is 4.14. The molecule has 7 nitrogen and oxygen atoms in total. The second-order valence-electron chi connectivity index (χ2n) is 11.4. The second-order valence-corrected chi connectivity index (χ2v) is 12.2. The van der Waals surface area contributed by atoms with Crippen molar-refractivity contribution in [3.63, 3.8) is 0 Å². The number of nitrogens with one attached hydrogen (secondary N) is 1. The van der Waals surface area contributed by atoms with Crippen LogP contribution in [0.25, 0.3) is 22.3 Å². The Bertz CT molecular complexity index is 1880. The topological polar surface area (TPSA) is 84.4 Å². The van der Waals surface area contributed by atoms with Crippen molar-refractivity contribution in [1.29, 1.82) is 0 Å². The van der Waals surface area contributed by atoms with Crippen molar-refractivity contribution in [3.8, 4) is 28.0 Å². The molecular weight excluding hydrogens is 664 g/mol. The van der Waals surface area contributed by atoms with Crippen LogP contribution in [0.15, 0.2) is 110 Å². The Morgan fingerprint density at radius 3 is 1.62 bits per heavy atom. The quantitative estimate of drug-likeness (QED) is 0.164. The number of aromatic nitrogens is 2. The van der Waals surface area contributed by atoms with Gasteiger partial charge in [-0.15, -0.1) is 13.2 Å². The Hall–Kier alpha value is -4.93. The Morgan fingerprint density at radius 2 is 1.19 bits per heavy atom. The lowest BCUT2D eigenvalue weighted by Gasteiger charge is -2.40. The number of alkyl halides is 3. The molecule has 3 aromatic carbocycles. The number of carbonyl (C=O) groups excluding carboxylic acids is 2. The van der Waals surface area contributed by atoms with Gasteiger partial charge in [0.2, 0.25) is 0 Å². The van der Waals surface area contributed by atoms with Crippen molar-refractivity contribution in [2.75, 3.05) is 4.90 Å². The van der Waals surface area contributed by atoms with Crippen molar-refractivity contribution in [3.05, 3.63) is 131 Å². The number of anilines is 1. The molecule has 1 saturated heterocycles. The molecule has 12 heteroatoms. The largest absolute Gasteiger partial charge is 0.573 e. The van der Waals surface area contributed by atoms with E-state index < -0.39 is 41.4 Å². The number of hydrogen-bond acceptors (Lipinski definition) is 5. The van der Waals surface area contributed by atoms with Crippen LogP contribution < -0.4 is 15.0 Å². The fourth-order valence-corrected chi connectivity index (χ4v) is 6.61. The first-order chi connectivity index (χ1) is 22.9. The van der Waals surface area contributed by atoms with Crippen LogP contribution in [0.5, 0.6) is 5.75 Å². The third kappa shape index (κ3) is 6.21. The van der Waals surface area contributed by atoms with Crippen molar-refractivity contribution >= 4 is 40.8 Å². The van der Waals surface area contributed by atoms with Gasteiger partial charge in [-0.2, -0.15) is 0 Å². The van der Waals surface area contributed by atoms with E-state index in [2.05, 4.69) is 20.0 Å². The number of carbonyl (C=O) groups is 2. The average molecular weight is 692 g/mol. The molecule has 48 heavy (non-hydrogen) atoms. The maximum absolute atomic E-state index is 14.9. The SMILES string of the molecule is CC(c1ccncc1-c1ccc(Cl)cc1)C1(C(C)c2ccncc2-c2ccc(Cl)cc2)NC(=O)N(c2ccc(OC(F)(F)F)cc2)C1=O. The third-order valence-corrected chi connectivity index (χ3v) is 9.23. The highest BCUT2D eigenvalue weighted by atomic mass is 35.5. The van der Waals surface area contributed by atoms with E-state index in [-0.39, 0.29) is 5.69 Å². The van der Waals surface area contributed by atoms with Crippen LogP contribution in [0, 0.1) is 0 Å². The molecule has 2 atom stereocenters. The van der Waals surface area contributed by atoms with E-state index in [1.165, 1.54) is 12.1 Å². The monoisotopic (exact) mass is 690 g/mol. The first kappa shape index (κ1) is 33.0. The summed E-state index contributed by atoms with van der Waals surface area (Å²) < 4.78 is 42.5. The van der Waals surface area contributed by atoms with E-state index in [9.17, 15) is 22.8 Å². The van der Waals surface area contributed by atoms with E-state index >= 15 is 0 Å². The number of nitrogens with zero attached hydrogens (tertiary/aromatic N) is 3. The van der Waals surface area contributed by atoms with Gasteiger partial charge in [-0.3, -0.25) is 14.8 Å². The minimum absolute atomic E-state index is 0.0774. The van der Waals surface area contributed by atoms with Gasteiger partial charge < -0.3 is 10.1 Å². The molecule has 1 aliphatic heterocycles. The number of urea groups is 1. The van der Waals surface area contributed by atoms with Gasteiger partial charge in [-0.25, -0.2) is 9.69 Å². The van der Waals surface area contributed by atoms with Crippen LogP contribution in [0.4, 0.5) is 23.7 Å². The van der Waals surface area contributed by atoms with Gasteiger partial charge >= 0.3 is 12.4 Å². The summed E-state index contributed by atoms with van der Waals surface area (Å²) in [7, 11) is 0. The minimum atomic E-state index is -4.90. The zero-order chi connectivity index (χ0) is 34.2. The predicted octanol–water partition coefficient (Wildman–Crippen LogP) is 9.42. The summed E-state index contributed by atoms with van der Waals surface area (Å²) in [5.41, 5.74) is 3.01. The lowest BCUT2D eigenvalue weighted by molar-refractivity contribution is -0.274. The summed E-state index contributed by atoms with van der Waals surface area (Å²) in [6.45, 7) is 3.71. The molecule has 0 spiro atoms. The Labute approximate surface area is 284 Å². The number of halogens is 5. The standard InChI is InChI=1S/C36H27Cl2F3N4O3/c1-21(29-15-17-42-19-31(29)23-3-7-25(37)8-4-23)35(22(2)30-16-18-43-20-32(30)24-5-9-26(38)10-6-24)33(46)45(34(47)44-35)27-11-13-28(14-12-27)48-36(39,40)41/h3-22H,1-2H3,(H,44,47). The minimum Gasteiger partial charge on any atom is -0.406 e. The molecular formula is C36H27Cl2F3N4O3. The van der Waals surface area contributed by atoms with E-state index in [1.54, 1.807) is 61.2 Å². The van der Waals surface area contributed by atoms with Gasteiger partial charge in [-0.05, 0) is 82.9 Å². The predicted molar refractivity (Wildman–Crippen MR) is 178 cm³/mol. The van der Waals surface area contributed by atoms with Crippen LogP contribution in [0.2, 0.25) is 10.0 Å². The van der Waals surface area contributed by atoms with Crippen LogP contribution in [0.3, 0.4) is 0 Å². The lowest BCUT2D eigenvalue weighted by Crippen LogP contribution is -2.55. The van der Waals surface area contributed by atoms with Crippen LogP contribution in [-0.4, -0.2) is 33.8 Å². The molecule has 1 N–H and O–H groups in total. The smallest absolute Gasteiger partial charge is 0.406 e. The molecule has 6 rings (SSSR count). The molecule has 2 aromatic heterocycles. The van der Waals surface area contributed by atoms with Crippen LogP contribution in [-0.2, 0) is 4.79 Å². The van der Waals surface area contributed by atoms with Gasteiger partial charge in [0.25, 0.3) is 5.91 Å². The maximum Gasteiger partial charge on any atom is 0.573 e. The highest BCUT2D eigenvalue weighted by Gasteiger charge is 2.59. The Kier molecular flexibility index (Phi) is 8.89. The molecule has 3 amide bonds. The molecule has 0 radical (unpaired) electrons. The van der Waals surface area contributed by atoms with E-state index in [1.807, 2.05) is 38.1 Å². The first-order valence-corrected chi connectivity index (χ1v) is 15.6. The molecule has 2 unspecified atom stereocenters. The van der Waals surface area contributed by atoms with E-state index in [0.717, 1.165) is 50.4 Å². The zero-order valence-electron chi connectivity index (χ0n) is 25.5. The third-order valence-electron chi connectivity index (χ3n) is 8.72. The van der Waals surface area contributed by atoms with Gasteiger partial charge in [0.1, 0.15) is 11.3 Å². The number of benzene rings is 3. The van der Waals surface area contributed by atoms with Crippen molar-refractivity contribution in [1.82, 2.24) is 15.3 Å². The number of imide groups is 1. The van der Waals surface area contributed by atoms with Crippen molar-refractivity contribution < 1.29 is 27.5 Å². The fourth-order valence-electron chi connectivity index (χ4n) is 6.35. The lowest BCUT2D eigenvalue weighted by atomic mass is 9.68. The number of rotatable bonds is 8. The summed E-state index contributed by atoms with van der Waals surface area (Å²) in [6.07, 6.45) is 1.72. The number of hydrogen-bond donors (Lipinski definition) is 1. The summed E-state index contributed by atoms with van der Waals surface area (Å²) in [5.74, 6) is -2.40. The number of amides is 3. The Morgan fingerprint density at radius 1 is 0.729 bits per heavy atom. The molecule has 3 heterocycles. The molecule has 1 aliphatic rings. The molecule has 1 fully saturated rings. The number of ether oxygens (including phenoxy) is 1. The first-order valence-electron chi connectivity index (χ1n) is 14.8. The molecule has 5 aromatic rings. The van der Waals surface area contributed by atoms with Gasteiger partial charge in [-0.1, -0.05) is 61.3 Å². The van der Waals surface area contributed by atoms with Crippen molar-refractivity contribution in [2.24, 2.45) is 0 Å². The molecule has 0 bridgehead atoms. The Balaban J connectivity index is 1.51. The second kappa shape index (κ2) is 12.9. The molecule has 244 valence electrons. The van der Waals surface area contributed by atoms with E-state index in [4.69, 9.17) is 23.2 Å². The summed E-state index contributed by atoms with van der Waals surface area (Å²) in [4.78, 5) is 38.5. The van der Waals surface area contributed by atoms with Gasteiger partial charge in [0.15, 0.2) is 0 Å². The average Bonchev–Trinajstić information content (AvgIpc) is 3.34. The van der Waals surface area contributed by atoms with Crippen LogP contribution in [0.1, 0.15) is 36.8 Å². The highest BCUT2D eigenvalue weighted by Crippen LogP contribution is 2.48. The zero-order valence-corrected chi connectivity index (χ0v) is 27.0. The highest BCUT2D eigenvalue weighted by molar-refractivity contribution is 6.31. The van der Waals surface area contributed by atoms with Crippen LogP contribution >= 0.6 is 23.2 Å². The van der Waals surface area contributed by atoms with Crippen molar-refractivity contribution in [2.45, 2.75) is 37.6 Å². The van der Waals surface area contributed by atoms with Gasteiger partial charge in [0, 0.05) is 57.8 Å². The fraction of sp³-hybridized carbons (Fsp3) is 0.167. The van der Waals surface area contributed by atoms with Gasteiger partial charge in [0.05, 0.1) is 5.69 Å². The summed E-state index contributed by atoms with van der Waals surface area (Å²) in [6, 6.07) is 21.9. The normalized spacial score (nSPS) is 17.6. The number of pyridine rings is 2.